The largest absolute Gasteiger partial charge is 0.496 e. The fourth-order valence-electron chi connectivity index (χ4n) is 5.31. The molecule has 3 aromatic rings. The van der Waals surface area contributed by atoms with E-state index in [4.69, 9.17) is 14.5 Å². The van der Waals surface area contributed by atoms with Crippen LogP contribution in [0, 0.1) is 6.92 Å². The third-order valence-electron chi connectivity index (χ3n) is 7.24. The molecule has 0 aliphatic carbocycles. The van der Waals surface area contributed by atoms with Crippen LogP contribution in [0.25, 0.3) is 10.9 Å². The molecule has 2 aliphatic heterocycles. The first-order valence-electron chi connectivity index (χ1n) is 12.4. The molecule has 12 heteroatoms. The van der Waals surface area contributed by atoms with Gasteiger partial charge in [-0.2, -0.15) is 4.31 Å². The highest BCUT2D eigenvalue weighted by molar-refractivity contribution is 7.92. The Morgan fingerprint density at radius 1 is 0.868 bits per heavy atom. The number of ether oxygens (including phenoxy) is 2. The number of sulfonamides is 2. The van der Waals surface area contributed by atoms with Gasteiger partial charge in [-0.05, 0) is 67.3 Å². The molecule has 0 radical (unpaired) electrons. The number of nitrogens with zero attached hydrogens (tertiary/aromatic N) is 4. The number of fused-ring (bicyclic) bond motifs is 2. The van der Waals surface area contributed by atoms with Gasteiger partial charge in [-0.3, -0.25) is 4.31 Å². The maximum atomic E-state index is 13.5. The van der Waals surface area contributed by atoms with E-state index in [-0.39, 0.29) is 4.90 Å². The second-order valence-corrected chi connectivity index (χ2v) is 13.5. The molecule has 0 saturated carbocycles. The summed E-state index contributed by atoms with van der Waals surface area (Å²) < 4.78 is 65.2. The normalized spacial score (nSPS) is 16.9. The minimum atomic E-state index is -3.73. The Labute approximate surface area is 223 Å². The summed E-state index contributed by atoms with van der Waals surface area (Å²) >= 11 is 0. The van der Waals surface area contributed by atoms with Gasteiger partial charge in [-0.1, -0.05) is 0 Å². The molecule has 204 valence electrons. The Bertz CT molecular complexity index is 1600. The lowest BCUT2D eigenvalue weighted by Crippen LogP contribution is -2.49. The summed E-state index contributed by atoms with van der Waals surface area (Å²) in [5.74, 6) is 2.13. The van der Waals surface area contributed by atoms with Crippen molar-refractivity contribution in [1.82, 2.24) is 9.29 Å². The maximum absolute atomic E-state index is 13.5. The van der Waals surface area contributed by atoms with Crippen LogP contribution in [0.5, 0.6) is 11.5 Å². The summed E-state index contributed by atoms with van der Waals surface area (Å²) in [5.41, 5.74) is 3.00. The fraction of sp³-hybridized carbons (Fsp3) is 0.423. The molecule has 1 saturated heterocycles. The summed E-state index contributed by atoms with van der Waals surface area (Å²) in [5, 5.41) is 0.888. The van der Waals surface area contributed by atoms with Crippen LogP contribution in [-0.2, 0) is 26.5 Å². The van der Waals surface area contributed by atoms with Crippen LogP contribution in [0.1, 0.15) is 17.5 Å². The SMILES string of the molecule is COc1ccc(OC)c2c(C)cc(N3CCN(S(=O)(=O)c4ccc5c(c4)CCCN5S(C)(=O)=O)CC3)nc12. The fourth-order valence-corrected chi connectivity index (χ4v) is 7.78. The van der Waals surface area contributed by atoms with Gasteiger partial charge in [0, 0.05) is 38.1 Å². The van der Waals surface area contributed by atoms with Crippen molar-refractivity contribution >= 4 is 42.5 Å². The predicted octanol–water partition coefficient (Wildman–Crippen LogP) is 2.78. The van der Waals surface area contributed by atoms with Crippen molar-refractivity contribution in [1.29, 1.82) is 0 Å². The molecule has 0 amide bonds. The maximum Gasteiger partial charge on any atom is 0.243 e. The molecule has 0 bridgehead atoms. The van der Waals surface area contributed by atoms with Gasteiger partial charge in [0.15, 0.2) is 0 Å². The van der Waals surface area contributed by atoms with Crippen molar-refractivity contribution in [3.63, 3.8) is 0 Å². The highest BCUT2D eigenvalue weighted by Crippen LogP contribution is 2.36. The number of anilines is 2. The summed E-state index contributed by atoms with van der Waals surface area (Å²) in [6.07, 6.45) is 2.46. The van der Waals surface area contributed by atoms with Crippen molar-refractivity contribution in [3.05, 3.63) is 47.5 Å². The van der Waals surface area contributed by atoms with Crippen LogP contribution in [0.15, 0.2) is 41.3 Å². The lowest BCUT2D eigenvalue weighted by molar-refractivity contribution is 0.383. The zero-order chi connectivity index (χ0) is 27.2. The number of piperazine rings is 1. The van der Waals surface area contributed by atoms with Crippen LogP contribution >= 0.6 is 0 Å². The lowest BCUT2D eigenvalue weighted by Gasteiger charge is -2.35. The number of hydrogen-bond acceptors (Lipinski definition) is 8. The van der Waals surface area contributed by atoms with Gasteiger partial charge >= 0.3 is 0 Å². The van der Waals surface area contributed by atoms with E-state index in [0.29, 0.717) is 62.5 Å². The molecule has 38 heavy (non-hydrogen) atoms. The van der Waals surface area contributed by atoms with Crippen molar-refractivity contribution in [2.75, 3.05) is 62.4 Å². The van der Waals surface area contributed by atoms with E-state index in [0.717, 1.165) is 28.1 Å². The molecule has 1 aromatic heterocycles. The van der Waals surface area contributed by atoms with Crippen molar-refractivity contribution in [3.8, 4) is 11.5 Å². The van der Waals surface area contributed by atoms with Gasteiger partial charge in [-0.25, -0.2) is 21.8 Å². The van der Waals surface area contributed by atoms with Gasteiger partial charge in [-0.15, -0.1) is 0 Å². The van der Waals surface area contributed by atoms with E-state index < -0.39 is 20.0 Å². The topological polar surface area (TPSA) is 109 Å². The first kappa shape index (κ1) is 26.5. The molecule has 0 N–H and O–H groups in total. The molecule has 0 unspecified atom stereocenters. The van der Waals surface area contributed by atoms with Gasteiger partial charge < -0.3 is 14.4 Å². The molecule has 0 spiro atoms. The van der Waals surface area contributed by atoms with E-state index >= 15 is 0 Å². The smallest absolute Gasteiger partial charge is 0.243 e. The quantitative estimate of drug-likeness (QED) is 0.453. The second kappa shape index (κ2) is 9.90. The lowest BCUT2D eigenvalue weighted by atomic mass is 10.0. The van der Waals surface area contributed by atoms with Crippen LogP contribution in [0.4, 0.5) is 11.5 Å². The minimum absolute atomic E-state index is 0.191. The zero-order valence-corrected chi connectivity index (χ0v) is 23.6. The van der Waals surface area contributed by atoms with E-state index in [1.165, 1.54) is 20.9 Å². The minimum Gasteiger partial charge on any atom is -0.496 e. The molecule has 3 heterocycles. The third kappa shape index (κ3) is 4.65. The molecule has 1 fully saturated rings. The molecular weight excluding hydrogens is 528 g/mol. The predicted molar refractivity (Wildman–Crippen MR) is 148 cm³/mol. The Kier molecular flexibility index (Phi) is 6.91. The van der Waals surface area contributed by atoms with E-state index in [2.05, 4.69) is 4.90 Å². The van der Waals surface area contributed by atoms with Gasteiger partial charge in [0.25, 0.3) is 0 Å². The molecule has 10 nitrogen and oxygen atoms in total. The number of rotatable bonds is 6. The van der Waals surface area contributed by atoms with E-state index in [1.54, 1.807) is 26.4 Å². The van der Waals surface area contributed by atoms with Crippen molar-refractivity contribution < 1.29 is 26.3 Å². The molecule has 0 atom stereocenters. The molecule has 2 aliphatic rings. The zero-order valence-electron chi connectivity index (χ0n) is 22.0. The monoisotopic (exact) mass is 560 g/mol. The number of pyridine rings is 1. The Hall–Kier alpha value is -3.09. The van der Waals surface area contributed by atoms with Crippen LogP contribution < -0.4 is 18.7 Å². The summed E-state index contributed by atoms with van der Waals surface area (Å²) in [6, 6.07) is 10.4. The average Bonchev–Trinajstić information content (AvgIpc) is 2.91. The van der Waals surface area contributed by atoms with Crippen LogP contribution in [0.3, 0.4) is 0 Å². The Morgan fingerprint density at radius 3 is 2.21 bits per heavy atom. The molecule has 5 rings (SSSR count). The molecular formula is C26H32N4O6S2. The first-order valence-corrected chi connectivity index (χ1v) is 15.7. The molecule has 2 aromatic carbocycles. The average molecular weight is 561 g/mol. The highest BCUT2D eigenvalue weighted by atomic mass is 32.2. The number of aryl methyl sites for hydroxylation is 2. The third-order valence-corrected chi connectivity index (χ3v) is 10.3. The van der Waals surface area contributed by atoms with Crippen LogP contribution in [0.2, 0.25) is 0 Å². The van der Waals surface area contributed by atoms with Gasteiger partial charge in [0.2, 0.25) is 20.0 Å². The van der Waals surface area contributed by atoms with Crippen molar-refractivity contribution in [2.24, 2.45) is 0 Å². The second-order valence-electron chi connectivity index (χ2n) is 9.61. The standard InChI is InChI=1S/C26H32N4O6S2/c1-18-16-24(27-26-23(36-3)10-9-22(35-2)25(18)26)28-12-14-29(15-13-28)38(33,34)20-7-8-21-19(17-20)6-5-11-30(21)37(4,31)32/h7-10,16-17H,5-6,11-15H2,1-4H3. The van der Waals surface area contributed by atoms with Crippen LogP contribution in [-0.4, -0.2) is 79.3 Å². The number of hydrogen-bond donors (Lipinski definition) is 0. The summed E-state index contributed by atoms with van der Waals surface area (Å²) in [6.45, 7) is 3.98. The summed E-state index contributed by atoms with van der Waals surface area (Å²) in [4.78, 5) is 7.13. The Balaban J connectivity index is 1.38. The summed E-state index contributed by atoms with van der Waals surface area (Å²) in [7, 11) is -3.93. The van der Waals surface area contributed by atoms with E-state index in [9.17, 15) is 16.8 Å². The van der Waals surface area contributed by atoms with Gasteiger partial charge in [0.1, 0.15) is 22.8 Å². The number of methoxy groups -OCH3 is 2. The Morgan fingerprint density at radius 2 is 1.55 bits per heavy atom. The van der Waals surface area contributed by atoms with E-state index in [1.807, 2.05) is 25.1 Å². The van der Waals surface area contributed by atoms with Gasteiger partial charge in [0.05, 0.1) is 31.1 Å². The number of benzene rings is 2. The first-order chi connectivity index (χ1) is 18.0. The number of aromatic nitrogens is 1. The highest BCUT2D eigenvalue weighted by Gasteiger charge is 2.31. The van der Waals surface area contributed by atoms with Crippen molar-refractivity contribution in [2.45, 2.75) is 24.7 Å².